The van der Waals surface area contributed by atoms with Gasteiger partial charge in [0.2, 0.25) is 0 Å². The van der Waals surface area contributed by atoms with E-state index >= 15 is 0 Å². The molecule has 0 spiro atoms. The van der Waals surface area contributed by atoms with Crippen molar-refractivity contribution in [3.8, 4) is 0 Å². The molecule has 100 valence electrons. The van der Waals surface area contributed by atoms with Crippen LogP contribution < -0.4 is 0 Å². The molecule has 0 N–H and O–H groups in total. The highest BCUT2D eigenvalue weighted by atomic mass is 16.1. The number of aromatic nitrogens is 2. The van der Waals surface area contributed by atoms with Crippen LogP contribution in [-0.4, -0.2) is 15.8 Å². The Hall–Kier alpha value is -1.64. The summed E-state index contributed by atoms with van der Waals surface area (Å²) in [4.78, 5) is 15.8. The third-order valence-electron chi connectivity index (χ3n) is 4.41. The monoisotopic (exact) mass is 256 g/mol. The number of pyridine rings is 1. The van der Waals surface area contributed by atoms with Crippen molar-refractivity contribution >= 4 is 17.3 Å². The minimum atomic E-state index is 0.740. The largest absolute Gasteiger partial charge is 0.329 e. The van der Waals surface area contributed by atoms with Crippen LogP contribution in [-0.2, 0) is 6.54 Å². The standard InChI is InChI=1S/C16H20N2O/c1-12-15(11-19)14-8-5-9-17-16(14)18(12)10-13-6-3-2-4-7-13/h5,8-9,11,13H,2-4,6-7,10H2,1H3. The molecule has 1 aliphatic carbocycles. The van der Waals surface area contributed by atoms with E-state index in [2.05, 4.69) is 9.55 Å². The van der Waals surface area contributed by atoms with Gasteiger partial charge in [-0.15, -0.1) is 0 Å². The van der Waals surface area contributed by atoms with Crippen molar-refractivity contribution in [1.82, 2.24) is 9.55 Å². The molecule has 1 aliphatic rings. The van der Waals surface area contributed by atoms with E-state index in [9.17, 15) is 4.79 Å². The lowest BCUT2D eigenvalue weighted by atomic mass is 9.89. The molecule has 3 nitrogen and oxygen atoms in total. The fourth-order valence-electron chi connectivity index (χ4n) is 3.32. The van der Waals surface area contributed by atoms with Gasteiger partial charge in [0.1, 0.15) is 5.65 Å². The molecule has 2 aromatic heterocycles. The Morgan fingerprint density at radius 1 is 1.37 bits per heavy atom. The first kappa shape index (κ1) is 12.4. The van der Waals surface area contributed by atoms with Crippen molar-refractivity contribution < 1.29 is 4.79 Å². The second-order valence-electron chi connectivity index (χ2n) is 5.61. The Bertz CT molecular complexity index is 594. The molecule has 1 saturated carbocycles. The fraction of sp³-hybridized carbons (Fsp3) is 0.500. The molecule has 0 saturated heterocycles. The summed E-state index contributed by atoms with van der Waals surface area (Å²) in [5.74, 6) is 0.740. The molecule has 0 aromatic carbocycles. The van der Waals surface area contributed by atoms with Crippen molar-refractivity contribution in [1.29, 1.82) is 0 Å². The lowest BCUT2D eigenvalue weighted by molar-refractivity contribution is 0.112. The van der Waals surface area contributed by atoms with Crippen molar-refractivity contribution in [2.24, 2.45) is 5.92 Å². The van der Waals surface area contributed by atoms with Crippen LogP contribution >= 0.6 is 0 Å². The zero-order valence-electron chi connectivity index (χ0n) is 11.4. The van der Waals surface area contributed by atoms with Gasteiger partial charge >= 0.3 is 0 Å². The molecule has 3 heteroatoms. The summed E-state index contributed by atoms with van der Waals surface area (Å²) < 4.78 is 2.25. The number of hydrogen-bond donors (Lipinski definition) is 0. The maximum atomic E-state index is 11.3. The van der Waals surface area contributed by atoms with Crippen molar-refractivity contribution in [2.45, 2.75) is 45.6 Å². The van der Waals surface area contributed by atoms with E-state index in [-0.39, 0.29) is 0 Å². The van der Waals surface area contributed by atoms with Crippen LogP contribution in [0.4, 0.5) is 0 Å². The number of nitrogens with zero attached hydrogens (tertiary/aromatic N) is 2. The van der Waals surface area contributed by atoms with Crippen LogP contribution in [0.1, 0.15) is 48.2 Å². The molecule has 2 aromatic rings. The second-order valence-corrected chi connectivity index (χ2v) is 5.61. The zero-order chi connectivity index (χ0) is 13.2. The summed E-state index contributed by atoms with van der Waals surface area (Å²) in [6.07, 6.45) is 9.46. The number of carbonyl (C=O) groups excluding carboxylic acids is 1. The lowest BCUT2D eigenvalue weighted by Crippen LogP contribution is -2.15. The van der Waals surface area contributed by atoms with Gasteiger partial charge in [0, 0.05) is 29.4 Å². The highest BCUT2D eigenvalue weighted by Crippen LogP contribution is 2.29. The highest BCUT2D eigenvalue weighted by molar-refractivity contribution is 5.97. The van der Waals surface area contributed by atoms with Crippen molar-refractivity contribution in [3.63, 3.8) is 0 Å². The van der Waals surface area contributed by atoms with Crippen molar-refractivity contribution in [3.05, 3.63) is 29.6 Å². The molecule has 0 atom stereocenters. The predicted octanol–water partition coefficient (Wildman–Crippen LogP) is 3.74. The summed E-state index contributed by atoms with van der Waals surface area (Å²) in [5, 5.41) is 0.991. The van der Waals surface area contributed by atoms with Gasteiger partial charge in [0.25, 0.3) is 0 Å². The first-order chi connectivity index (χ1) is 9.31. The van der Waals surface area contributed by atoms with Crippen LogP contribution in [0.15, 0.2) is 18.3 Å². The van der Waals surface area contributed by atoms with E-state index in [4.69, 9.17) is 0 Å². The SMILES string of the molecule is Cc1c(C=O)c2cccnc2n1CC1CCCCC1. The zero-order valence-corrected chi connectivity index (χ0v) is 11.4. The minimum absolute atomic E-state index is 0.740. The van der Waals surface area contributed by atoms with Crippen LogP contribution in [0.5, 0.6) is 0 Å². The average molecular weight is 256 g/mol. The Balaban J connectivity index is 2.02. The second kappa shape index (κ2) is 5.16. The highest BCUT2D eigenvalue weighted by Gasteiger charge is 2.19. The van der Waals surface area contributed by atoms with Gasteiger partial charge in [-0.3, -0.25) is 4.79 Å². The summed E-state index contributed by atoms with van der Waals surface area (Å²) in [6.45, 7) is 3.04. The predicted molar refractivity (Wildman–Crippen MR) is 76.4 cm³/mol. The maximum Gasteiger partial charge on any atom is 0.152 e. The quantitative estimate of drug-likeness (QED) is 0.784. The topological polar surface area (TPSA) is 34.9 Å². The summed E-state index contributed by atoms with van der Waals surface area (Å²) >= 11 is 0. The third-order valence-corrected chi connectivity index (χ3v) is 4.41. The Morgan fingerprint density at radius 2 is 2.16 bits per heavy atom. The molecule has 3 rings (SSSR count). The molecule has 19 heavy (non-hydrogen) atoms. The molecule has 0 unspecified atom stereocenters. The van der Waals surface area contributed by atoms with Gasteiger partial charge in [0.05, 0.1) is 0 Å². The normalized spacial score (nSPS) is 16.9. The molecular formula is C16H20N2O. The Labute approximate surface area is 113 Å². The first-order valence-electron chi connectivity index (χ1n) is 7.20. The molecular weight excluding hydrogens is 236 g/mol. The number of hydrogen-bond acceptors (Lipinski definition) is 2. The smallest absolute Gasteiger partial charge is 0.152 e. The van der Waals surface area contributed by atoms with Crippen LogP contribution in [0, 0.1) is 12.8 Å². The van der Waals surface area contributed by atoms with Gasteiger partial charge in [-0.1, -0.05) is 19.3 Å². The fourth-order valence-corrected chi connectivity index (χ4v) is 3.32. The Kier molecular flexibility index (Phi) is 3.36. The van der Waals surface area contributed by atoms with E-state index in [1.165, 1.54) is 32.1 Å². The van der Waals surface area contributed by atoms with E-state index in [0.29, 0.717) is 0 Å². The molecule has 0 radical (unpaired) electrons. The van der Waals surface area contributed by atoms with Crippen LogP contribution in [0.2, 0.25) is 0 Å². The number of fused-ring (bicyclic) bond motifs is 1. The van der Waals surface area contributed by atoms with Crippen molar-refractivity contribution in [2.75, 3.05) is 0 Å². The molecule has 0 aliphatic heterocycles. The number of aldehydes is 1. The van der Waals surface area contributed by atoms with Gasteiger partial charge in [-0.25, -0.2) is 4.98 Å². The summed E-state index contributed by atoms with van der Waals surface area (Å²) in [5.41, 5.74) is 2.83. The molecule has 0 amide bonds. The van der Waals surface area contributed by atoms with Crippen LogP contribution in [0.25, 0.3) is 11.0 Å². The first-order valence-corrected chi connectivity index (χ1v) is 7.20. The van der Waals surface area contributed by atoms with E-state index in [1.54, 1.807) is 0 Å². The lowest BCUT2D eigenvalue weighted by Gasteiger charge is -2.23. The van der Waals surface area contributed by atoms with Gasteiger partial charge in [-0.05, 0) is 37.8 Å². The number of rotatable bonds is 3. The van der Waals surface area contributed by atoms with Gasteiger partial charge in [0.15, 0.2) is 6.29 Å². The molecule has 0 bridgehead atoms. The van der Waals surface area contributed by atoms with Gasteiger partial charge < -0.3 is 4.57 Å². The summed E-state index contributed by atoms with van der Waals surface area (Å²) in [6, 6.07) is 3.90. The van der Waals surface area contributed by atoms with E-state index in [1.807, 2.05) is 25.3 Å². The summed E-state index contributed by atoms with van der Waals surface area (Å²) in [7, 11) is 0. The van der Waals surface area contributed by atoms with E-state index in [0.717, 1.165) is 41.0 Å². The molecule has 2 heterocycles. The van der Waals surface area contributed by atoms with Gasteiger partial charge in [-0.2, -0.15) is 0 Å². The molecule has 1 fully saturated rings. The Morgan fingerprint density at radius 3 is 2.89 bits per heavy atom. The van der Waals surface area contributed by atoms with E-state index < -0.39 is 0 Å². The maximum absolute atomic E-state index is 11.3. The number of carbonyl (C=O) groups is 1. The van der Waals surface area contributed by atoms with Crippen LogP contribution in [0.3, 0.4) is 0 Å². The average Bonchev–Trinajstić information content (AvgIpc) is 2.73. The third kappa shape index (κ3) is 2.18. The minimum Gasteiger partial charge on any atom is -0.329 e.